The van der Waals surface area contributed by atoms with E-state index in [9.17, 15) is 0 Å². The van der Waals surface area contributed by atoms with Gasteiger partial charge in [0.2, 0.25) is 0 Å². The van der Waals surface area contributed by atoms with Gasteiger partial charge in [-0.25, -0.2) is 0 Å². The molecule has 0 aromatic carbocycles. The van der Waals surface area contributed by atoms with E-state index in [1.165, 1.54) is 25.7 Å². The van der Waals surface area contributed by atoms with Crippen molar-refractivity contribution in [2.45, 2.75) is 53.4 Å². The van der Waals surface area contributed by atoms with Crippen LogP contribution in [0.15, 0.2) is 41.1 Å². The molecule has 0 aliphatic heterocycles. The summed E-state index contributed by atoms with van der Waals surface area (Å²) in [5.74, 6) is 0. The molecule has 0 saturated heterocycles. The summed E-state index contributed by atoms with van der Waals surface area (Å²) in [6.07, 6.45) is 9.93. The summed E-state index contributed by atoms with van der Waals surface area (Å²) in [7, 11) is 0. The van der Waals surface area contributed by atoms with Crippen molar-refractivity contribution < 1.29 is 56.9 Å². The molecule has 2 aliphatic carbocycles. The van der Waals surface area contributed by atoms with Crippen molar-refractivity contribution in [3.8, 4) is 0 Å². The number of hydrogen-bond donors (Lipinski definition) is 0. The summed E-state index contributed by atoms with van der Waals surface area (Å²) in [4.78, 5) is 0. The first-order valence-electron chi connectivity index (χ1n) is 6.72. The Bertz CT molecular complexity index is 411. The number of hydrogen-bond acceptors (Lipinski definition) is 0. The van der Waals surface area contributed by atoms with E-state index in [0.29, 0.717) is 0 Å². The van der Waals surface area contributed by atoms with Crippen LogP contribution in [0.1, 0.15) is 53.4 Å². The predicted octanol–water partition coefficient (Wildman–Crippen LogP) is -0.895. The third kappa shape index (κ3) is 4.38. The van der Waals surface area contributed by atoms with Crippen LogP contribution in [0, 0.1) is 0 Å². The van der Waals surface area contributed by atoms with Crippen LogP contribution >= 0.6 is 0 Å². The van der Waals surface area contributed by atoms with Crippen LogP contribution in [0.3, 0.4) is 0 Å². The van der Waals surface area contributed by atoms with Crippen molar-refractivity contribution in [3.05, 3.63) is 41.1 Å². The van der Waals surface area contributed by atoms with Gasteiger partial charge in [-0.05, 0) is 0 Å². The van der Waals surface area contributed by atoms with E-state index in [2.05, 4.69) is 39.8 Å². The Morgan fingerprint density at radius 3 is 1.53 bits per heavy atom. The van der Waals surface area contributed by atoms with Gasteiger partial charge >= 0.3 is 117 Å². The fourth-order valence-electron chi connectivity index (χ4n) is 2.90. The smallest absolute Gasteiger partial charge is 1.00 e. The summed E-state index contributed by atoms with van der Waals surface area (Å²) in [5.41, 5.74) is 6.55. The fraction of sp³-hybridized carbons (Fsp3) is 0.500. The molecule has 0 atom stereocenters. The summed E-state index contributed by atoms with van der Waals surface area (Å²) in [6.45, 7) is 9.22. The molecular weight excluding hydrogens is 530 g/mol. The van der Waals surface area contributed by atoms with Gasteiger partial charge < -0.3 is 34.0 Å². The normalized spacial score (nSPS) is 17.7. The third-order valence-corrected chi connectivity index (χ3v) is 9.72. The predicted molar refractivity (Wildman–Crippen MR) is 71.4 cm³/mol. The van der Waals surface area contributed by atoms with Crippen LogP contribution in [0.25, 0.3) is 0 Å². The molecule has 3 heteroatoms. The molecule has 0 N–H and O–H groups in total. The van der Waals surface area contributed by atoms with Crippen molar-refractivity contribution in [3.63, 3.8) is 0 Å². The second-order valence-corrected chi connectivity index (χ2v) is 10.2. The van der Waals surface area contributed by atoms with E-state index in [1.54, 1.807) is 22.3 Å². The van der Waals surface area contributed by atoms with E-state index in [4.69, 9.17) is 0 Å². The number of halogens is 2. The summed E-state index contributed by atoms with van der Waals surface area (Å²) in [5, 5.41) is 0. The quantitative estimate of drug-likeness (QED) is 0.397. The second-order valence-electron chi connectivity index (χ2n) is 4.93. The molecule has 0 saturated carbocycles. The monoisotopic (exact) mass is 552 g/mol. The van der Waals surface area contributed by atoms with Gasteiger partial charge in [0.1, 0.15) is 0 Å². The first kappa shape index (κ1) is 19.8. The van der Waals surface area contributed by atoms with Crippen LogP contribution in [-0.2, 0) is 22.9 Å². The molecule has 0 unspecified atom stereocenters. The van der Waals surface area contributed by atoms with Crippen molar-refractivity contribution in [2.75, 3.05) is 0 Å². The van der Waals surface area contributed by atoms with Gasteiger partial charge in [0.05, 0.1) is 0 Å². The Labute approximate surface area is 150 Å². The largest absolute Gasteiger partial charge is 1.00 e. The molecule has 19 heavy (non-hydrogen) atoms. The molecule has 0 aromatic heterocycles. The minimum absolute atomic E-state index is 0. The third-order valence-electron chi connectivity index (χ3n) is 3.91. The van der Waals surface area contributed by atoms with Crippen molar-refractivity contribution >= 4 is 0 Å². The van der Waals surface area contributed by atoms with Crippen LogP contribution < -0.4 is 34.0 Å². The number of allylic oxidation sites excluding steroid dienone is 8. The Morgan fingerprint density at radius 1 is 0.842 bits per heavy atom. The van der Waals surface area contributed by atoms with E-state index < -0.39 is 22.9 Å². The van der Waals surface area contributed by atoms with Gasteiger partial charge in [-0.15, -0.1) is 0 Å². The number of rotatable bonds is 4. The zero-order chi connectivity index (χ0) is 12.4. The molecule has 0 aromatic rings. The van der Waals surface area contributed by atoms with Gasteiger partial charge in [0, 0.05) is 0 Å². The summed E-state index contributed by atoms with van der Waals surface area (Å²) < 4.78 is 3.74. The van der Waals surface area contributed by atoms with Crippen molar-refractivity contribution in [2.24, 2.45) is 0 Å². The van der Waals surface area contributed by atoms with Gasteiger partial charge in [0.25, 0.3) is 0 Å². The zero-order valence-corrected chi connectivity index (χ0v) is 19.0. The fourth-order valence-corrected chi connectivity index (χ4v) is 9.45. The van der Waals surface area contributed by atoms with Gasteiger partial charge in [-0.2, -0.15) is 0 Å². The van der Waals surface area contributed by atoms with Gasteiger partial charge in [-0.3, -0.25) is 0 Å². The topological polar surface area (TPSA) is 0 Å². The molecule has 0 heterocycles. The van der Waals surface area contributed by atoms with E-state index >= 15 is 0 Å². The average molecular weight is 553 g/mol. The van der Waals surface area contributed by atoms with Crippen LogP contribution in [-0.4, -0.2) is 0 Å². The minimum Gasteiger partial charge on any atom is -1.00 e. The molecule has 0 amide bonds. The van der Waals surface area contributed by atoms with Gasteiger partial charge in [-0.1, -0.05) is 0 Å². The first-order chi connectivity index (χ1) is 8.17. The maximum atomic E-state index is 2.45. The molecule has 0 bridgehead atoms. The van der Waals surface area contributed by atoms with Crippen molar-refractivity contribution in [1.29, 1.82) is 0 Å². The van der Waals surface area contributed by atoms with Crippen LogP contribution in [0.2, 0.25) is 0 Å². The SMILES string of the molecule is CCC1=[C]([Hf+2][C]2=C(CC)C(C)=CC2)CC=C1C.[Br-].[Br-]. The Kier molecular flexibility index (Phi) is 9.31. The molecule has 0 nitrogen and oxygen atoms in total. The average Bonchev–Trinajstić information content (AvgIpc) is 2.83. The first-order valence-corrected chi connectivity index (χ1v) is 10.3. The Balaban J connectivity index is 0.00000162. The van der Waals surface area contributed by atoms with Crippen LogP contribution in [0.5, 0.6) is 0 Å². The van der Waals surface area contributed by atoms with E-state index in [0.717, 1.165) is 0 Å². The molecule has 0 fully saturated rings. The minimum atomic E-state index is -0.712. The molecule has 104 valence electrons. The second kappa shape index (κ2) is 8.94. The zero-order valence-electron chi connectivity index (χ0n) is 12.2. The standard InChI is InChI=1S/2C8H11.2BrH.Hf/c2*1-3-8-6-4-5-7(8)2;;;/h2*5H,3-4H2,1-2H3;2*1H;/q;;;;+2/p-2. The molecule has 2 rings (SSSR count). The summed E-state index contributed by atoms with van der Waals surface area (Å²) >= 11 is -0.712. The Morgan fingerprint density at radius 2 is 1.21 bits per heavy atom. The summed E-state index contributed by atoms with van der Waals surface area (Å²) in [6, 6.07) is 0. The molecule has 2 aliphatic rings. The van der Waals surface area contributed by atoms with Crippen LogP contribution in [0.4, 0.5) is 0 Å². The molecular formula is C16H22Br2Hf. The van der Waals surface area contributed by atoms with E-state index in [1.807, 2.05) is 6.66 Å². The maximum absolute atomic E-state index is 2.45. The maximum Gasteiger partial charge on any atom is -1.00 e. The molecule has 0 radical (unpaired) electrons. The van der Waals surface area contributed by atoms with Crippen molar-refractivity contribution in [1.82, 2.24) is 0 Å². The van der Waals surface area contributed by atoms with E-state index in [-0.39, 0.29) is 34.0 Å². The molecule has 0 spiro atoms. The Hall–Kier alpha value is 0.790. The van der Waals surface area contributed by atoms with Gasteiger partial charge in [0.15, 0.2) is 0 Å².